The minimum atomic E-state index is -0.0586. The van der Waals surface area contributed by atoms with Crippen LogP contribution in [-0.2, 0) is 6.54 Å². The minimum Gasteiger partial charge on any atom is -0.391 e. The molecule has 0 saturated heterocycles. The molecule has 0 spiro atoms. The van der Waals surface area contributed by atoms with E-state index in [2.05, 4.69) is 109 Å². The van der Waals surface area contributed by atoms with E-state index in [1.54, 1.807) is 16.7 Å². The van der Waals surface area contributed by atoms with E-state index in [9.17, 15) is 0 Å². The largest absolute Gasteiger partial charge is 0.391 e. The molecule has 4 heteroatoms. The molecule has 0 radical (unpaired) electrons. The molecule has 0 aliphatic rings. The highest BCUT2D eigenvalue weighted by Crippen LogP contribution is 2.35. The number of hydrogen-bond donors (Lipinski definition) is 1. The molecular formula is C44H66Cl2N2. The molecule has 48 heavy (non-hydrogen) atoms. The van der Waals surface area contributed by atoms with E-state index in [0.29, 0.717) is 16.6 Å². The smallest absolute Gasteiger partial charge is 0.0470 e. The van der Waals surface area contributed by atoms with Gasteiger partial charge in [-0.3, -0.25) is 0 Å². The lowest BCUT2D eigenvalue weighted by atomic mass is 9.78. The second kappa shape index (κ2) is 23.6. The van der Waals surface area contributed by atoms with Gasteiger partial charge in [0, 0.05) is 40.8 Å². The molecule has 0 fully saturated rings. The van der Waals surface area contributed by atoms with Crippen LogP contribution in [0.4, 0.5) is 5.69 Å². The molecule has 2 aromatic carbocycles. The van der Waals surface area contributed by atoms with Gasteiger partial charge >= 0.3 is 0 Å². The fourth-order valence-corrected chi connectivity index (χ4v) is 6.84. The molecule has 0 heterocycles. The van der Waals surface area contributed by atoms with Crippen LogP contribution in [0.3, 0.4) is 0 Å². The van der Waals surface area contributed by atoms with E-state index in [1.807, 2.05) is 43.5 Å². The molecule has 2 aromatic rings. The first-order chi connectivity index (χ1) is 22.9. The summed E-state index contributed by atoms with van der Waals surface area (Å²) >= 11 is 12.7. The monoisotopic (exact) mass is 692 g/mol. The van der Waals surface area contributed by atoms with Crippen molar-refractivity contribution in [3.05, 3.63) is 124 Å². The predicted molar refractivity (Wildman–Crippen MR) is 219 cm³/mol. The van der Waals surface area contributed by atoms with Gasteiger partial charge in [-0.2, -0.15) is 0 Å². The summed E-state index contributed by atoms with van der Waals surface area (Å²) in [6.07, 6.45) is 17.8. The number of rotatable bonds is 20. The number of aryl methyl sites for hydroxylation is 1. The number of hydrogen-bond acceptors (Lipinski definition) is 2. The highest BCUT2D eigenvalue weighted by molar-refractivity contribution is 6.35. The average Bonchev–Trinajstić information content (AvgIpc) is 3.04. The van der Waals surface area contributed by atoms with Crippen molar-refractivity contribution >= 4 is 28.9 Å². The van der Waals surface area contributed by atoms with Crippen LogP contribution in [0.25, 0.3) is 0 Å². The van der Waals surface area contributed by atoms with Crippen molar-refractivity contribution in [3.63, 3.8) is 0 Å². The van der Waals surface area contributed by atoms with Gasteiger partial charge in [0.15, 0.2) is 0 Å². The molecule has 266 valence electrons. The molecule has 0 aliphatic heterocycles. The van der Waals surface area contributed by atoms with Gasteiger partial charge in [0.25, 0.3) is 0 Å². The lowest BCUT2D eigenvalue weighted by Gasteiger charge is -2.40. The van der Waals surface area contributed by atoms with E-state index in [-0.39, 0.29) is 5.41 Å². The van der Waals surface area contributed by atoms with Crippen molar-refractivity contribution in [2.24, 2.45) is 11.3 Å². The molecular weight excluding hydrogens is 627 g/mol. The van der Waals surface area contributed by atoms with Crippen molar-refractivity contribution < 1.29 is 0 Å². The third kappa shape index (κ3) is 15.7. The maximum absolute atomic E-state index is 6.54. The molecule has 0 aliphatic carbocycles. The summed E-state index contributed by atoms with van der Waals surface area (Å²) in [5.74, 6) is 0.737. The Bertz CT molecular complexity index is 1330. The second-order valence-corrected chi connectivity index (χ2v) is 14.4. The van der Waals surface area contributed by atoms with E-state index >= 15 is 0 Å². The van der Waals surface area contributed by atoms with Crippen LogP contribution in [0.15, 0.2) is 102 Å². The van der Waals surface area contributed by atoms with Crippen LogP contribution < -0.4 is 10.2 Å². The van der Waals surface area contributed by atoms with E-state index in [4.69, 9.17) is 23.2 Å². The molecule has 0 saturated carbocycles. The summed E-state index contributed by atoms with van der Waals surface area (Å²) in [7, 11) is 0. The van der Waals surface area contributed by atoms with E-state index in [1.165, 1.54) is 44.1 Å². The summed E-state index contributed by atoms with van der Waals surface area (Å²) in [5, 5.41) is 4.81. The Hall–Kier alpha value is -2.68. The summed E-state index contributed by atoms with van der Waals surface area (Å²) < 4.78 is 0. The molecule has 0 bridgehead atoms. The van der Waals surface area contributed by atoms with Gasteiger partial charge in [0.1, 0.15) is 0 Å². The van der Waals surface area contributed by atoms with Gasteiger partial charge < -0.3 is 10.2 Å². The van der Waals surface area contributed by atoms with Crippen LogP contribution in [-0.4, -0.2) is 13.1 Å². The first-order valence-corrected chi connectivity index (χ1v) is 18.9. The van der Waals surface area contributed by atoms with Crippen molar-refractivity contribution in [2.75, 3.05) is 18.0 Å². The second-order valence-electron chi connectivity index (χ2n) is 13.6. The number of halogens is 2. The SMILES string of the molecule is C=CCC(CN/C=C/C)(CC(=C)C)CN(Cc1ccc(Cl)cc1Cl)c1ccc(C)cc1.CCC/C(CC)=C(\C=C(\C)C(C)CCC)CC. The lowest BCUT2D eigenvalue weighted by molar-refractivity contribution is 0.284. The zero-order valence-corrected chi connectivity index (χ0v) is 33.3. The summed E-state index contributed by atoms with van der Waals surface area (Å²) in [6, 6.07) is 14.4. The Morgan fingerprint density at radius 3 is 2.21 bits per heavy atom. The average molecular weight is 694 g/mol. The fraction of sp³-hybridized carbons (Fsp3) is 0.500. The lowest BCUT2D eigenvalue weighted by Crippen LogP contribution is -2.43. The van der Waals surface area contributed by atoms with Crippen LogP contribution in [0.5, 0.6) is 0 Å². The first-order valence-electron chi connectivity index (χ1n) is 18.1. The van der Waals surface area contributed by atoms with E-state index in [0.717, 1.165) is 48.7 Å². The van der Waals surface area contributed by atoms with Crippen molar-refractivity contribution in [3.8, 4) is 0 Å². The number of benzene rings is 2. The molecule has 0 aromatic heterocycles. The Morgan fingerprint density at radius 1 is 1.00 bits per heavy atom. The highest BCUT2D eigenvalue weighted by atomic mass is 35.5. The Labute approximate surface area is 306 Å². The zero-order chi connectivity index (χ0) is 36.1. The molecule has 2 rings (SSSR count). The Morgan fingerprint density at radius 2 is 1.69 bits per heavy atom. The highest BCUT2D eigenvalue weighted by Gasteiger charge is 2.31. The van der Waals surface area contributed by atoms with Gasteiger partial charge in [-0.25, -0.2) is 0 Å². The van der Waals surface area contributed by atoms with Crippen molar-refractivity contribution in [1.82, 2.24) is 5.32 Å². The number of nitrogens with one attached hydrogen (secondary N) is 1. The third-order valence-electron chi connectivity index (χ3n) is 9.03. The molecule has 2 atom stereocenters. The molecule has 1 N–H and O–H groups in total. The van der Waals surface area contributed by atoms with Crippen molar-refractivity contribution in [1.29, 1.82) is 0 Å². The number of anilines is 1. The standard InChI is InChI=1S/C27H34Cl2N2.C17H32/c1-6-14-27(17-21(3)4,19-30-15-7-2)20-31(25-12-8-22(5)9-13-25)18-23-10-11-24(28)16-26(23)29;1-7-11-14(5)15(6)13-17(10-4)16(9-3)12-8-2/h6-13,15-16,30H,1,3,14,17-20H2,2,4-5H3;13-14H,7-12H2,1-6H3/b15-7+;15-13-,17-16-. The van der Waals surface area contributed by atoms with E-state index < -0.39 is 0 Å². The van der Waals surface area contributed by atoms with Gasteiger partial charge in [0.05, 0.1) is 0 Å². The van der Waals surface area contributed by atoms with Crippen molar-refractivity contribution in [2.45, 2.75) is 120 Å². The minimum absolute atomic E-state index is 0.0586. The molecule has 0 amide bonds. The predicted octanol–water partition coefficient (Wildman–Crippen LogP) is 14.2. The summed E-state index contributed by atoms with van der Waals surface area (Å²) in [4.78, 5) is 2.40. The topological polar surface area (TPSA) is 15.3 Å². The maximum Gasteiger partial charge on any atom is 0.0470 e. The number of nitrogens with zero attached hydrogens (tertiary/aromatic N) is 1. The fourth-order valence-electron chi connectivity index (χ4n) is 6.38. The Balaban J connectivity index is 0.000000576. The molecule has 2 nitrogen and oxygen atoms in total. The van der Waals surface area contributed by atoms with Crippen LogP contribution in [0, 0.1) is 18.3 Å². The van der Waals surface area contributed by atoms with Crippen LogP contribution >= 0.6 is 23.2 Å². The summed E-state index contributed by atoms with van der Waals surface area (Å²) in [5.41, 5.74) is 9.38. The van der Waals surface area contributed by atoms with Gasteiger partial charge in [-0.05, 0) is 114 Å². The zero-order valence-electron chi connectivity index (χ0n) is 31.8. The maximum atomic E-state index is 6.54. The Kier molecular flexibility index (Phi) is 21.3. The quantitative estimate of drug-likeness (QED) is 0.110. The molecule has 2 unspecified atom stereocenters. The van der Waals surface area contributed by atoms with Gasteiger partial charge in [-0.1, -0.05) is 129 Å². The van der Waals surface area contributed by atoms with Gasteiger partial charge in [0.2, 0.25) is 0 Å². The normalized spacial score (nSPS) is 14.0. The first kappa shape index (κ1) is 43.3. The van der Waals surface area contributed by atoms with Gasteiger partial charge in [-0.15, -0.1) is 13.2 Å². The van der Waals surface area contributed by atoms with Crippen LogP contribution in [0.1, 0.15) is 118 Å². The number of allylic oxidation sites excluding steroid dienone is 7. The van der Waals surface area contributed by atoms with Crippen LogP contribution in [0.2, 0.25) is 10.0 Å². The third-order valence-corrected chi connectivity index (χ3v) is 9.62. The summed E-state index contributed by atoms with van der Waals surface area (Å²) in [6.45, 7) is 30.6.